The molecule has 0 unspecified atom stereocenters. The predicted octanol–water partition coefficient (Wildman–Crippen LogP) is 5.87. The van der Waals surface area contributed by atoms with E-state index in [1.807, 2.05) is 0 Å². The molecule has 0 atom stereocenters. The molecule has 0 N–H and O–H groups in total. The Kier molecular flexibility index (Phi) is 18.8. The molecule has 0 aliphatic rings. The van der Waals surface area contributed by atoms with Gasteiger partial charge in [-0.1, -0.05) is 45.4 Å². The number of hydrogen-bond acceptors (Lipinski definition) is 2. The second-order valence-electron chi connectivity index (χ2n) is 6.17. The average Bonchev–Trinajstić information content (AvgIpc) is 2.50. The van der Waals surface area contributed by atoms with Crippen molar-refractivity contribution in [1.82, 2.24) is 0 Å². The molecule has 0 fully saturated rings. The quantitative estimate of drug-likeness (QED) is 0.200. The van der Waals surface area contributed by atoms with E-state index in [4.69, 9.17) is 2.69 Å². The fourth-order valence-corrected chi connectivity index (χ4v) is 3.09. The van der Waals surface area contributed by atoms with E-state index in [2.05, 4.69) is 6.92 Å². The molecule has 3 radical (unpaired) electrons. The normalized spacial score (nSPS) is 10.8. The Morgan fingerprint density at radius 1 is 0.667 bits per heavy atom. The Balaban J connectivity index is 2.98. The van der Waals surface area contributed by atoms with E-state index in [0.717, 1.165) is 6.42 Å². The first-order chi connectivity index (χ1) is 10.3. The van der Waals surface area contributed by atoms with Crippen molar-refractivity contribution < 1.29 is 7.48 Å². The Hall–Kier alpha value is 0.392. The number of rotatable bonds is 16. The van der Waals surface area contributed by atoms with Gasteiger partial charge in [-0.3, -0.25) is 0 Å². The number of carbonyl (C=O) groups excluding carboxylic acids is 1. The van der Waals surface area contributed by atoms with Crippen molar-refractivity contribution in [1.29, 1.82) is 0 Å². The van der Waals surface area contributed by atoms with Crippen LogP contribution in [0.3, 0.4) is 0 Å². The van der Waals surface area contributed by atoms with Crippen LogP contribution in [0.5, 0.6) is 0 Å². The molecule has 0 heterocycles. The van der Waals surface area contributed by atoms with Gasteiger partial charge in [-0.2, -0.15) is 0 Å². The summed E-state index contributed by atoms with van der Waals surface area (Å²) in [5, 5.41) is 0. The van der Waals surface area contributed by atoms with Crippen molar-refractivity contribution in [2.45, 2.75) is 110 Å². The molecular formula is C18H35O2Pb. The molecule has 123 valence electrons. The van der Waals surface area contributed by atoms with E-state index in [-0.39, 0.29) is 5.97 Å². The second kappa shape index (κ2) is 18.4. The van der Waals surface area contributed by atoms with Gasteiger partial charge in [-0.15, -0.1) is 0 Å². The van der Waals surface area contributed by atoms with Gasteiger partial charge in [-0.05, 0) is 0 Å². The van der Waals surface area contributed by atoms with Crippen LogP contribution in [0.2, 0.25) is 0 Å². The Labute approximate surface area is 149 Å². The van der Waals surface area contributed by atoms with Gasteiger partial charge in [0, 0.05) is 0 Å². The Morgan fingerprint density at radius 2 is 1.00 bits per heavy atom. The minimum absolute atomic E-state index is 0.00337. The molecule has 0 saturated heterocycles. The fourth-order valence-electron chi connectivity index (χ4n) is 2.69. The van der Waals surface area contributed by atoms with E-state index >= 15 is 0 Å². The third kappa shape index (κ3) is 18.3. The monoisotopic (exact) mass is 491 g/mol. The van der Waals surface area contributed by atoms with Crippen molar-refractivity contribution in [2.24, 2.45) is 0 Å². The summed E-state index contributed by atoms with van der Waals surface area (Å²) in [6.07, 6.45) is 21.1. The molecule has 0 spiro atoms. The topological polar surface area (TPSA) is 26.3 Å². The van der Waals surface area contributed by atoms with E-state index in [0.29, 0.717) is 32.6 Å². The zero-order valence-corrected chi connectivity index (χ0v) is 18.0. The van der Waals surface area contributed by atoms with Crippen LogP contribution in [0.4, 0.5) is 0 Å². The van der Waals surface area contributed by atoms with E-state index < -0.39 is 0 Å². The molecule has 21 heavy (non-hydrogen) atoms. The van der Waals surface area contributed by atoms with Crippen LogP contribution in [-0.4, -0.2) is 32.2 Å². The van der Waals surface area contributed by atoms with E-state index in [9.17, 15) is 4.79 Å². The van der Waals surface area contributed by atoms with Crippen LogP contribution in [0.1, 0.15) is 110 Å². The first-order valence-electron chi connectivity index (χ1n) is 9.17. The summed E-state index contributed by atoms with van der Waals surface area (Å²) in [6.45, 7) is 2.28. The van der Waals surface area contributed by atoms with E-state index in [1.54, 1.807) is 0 Å². The van der Waals surface area contributed by atoms with Crippen LogP contribution < -0.4 is 0 Å². The molecule has 0 saturated carbocycles. The zero-order valence-electron chi connectivity index (χ0n) is 14.1. The first-order valence-corrected chi connectivity index (χ1v) is 10.8. The number of carbonyl (C=O) groups is 1. The number of hydrogen-bond donors (Lipinski definition) is 0. The van der Waals surface area contributed by atoms with Gasteiger partial charge < -0.3 is 0 Å². The van der Waals surface area contributed by atoms with Crippen molar-refractivity contribution in [2.75, 3.05) is 0 Å². The van der Waals surface area contributed by atoms with Gasteiger partial charge in [0.15, 0.2) is 0 Å². The van der Waals surface area contributed by atoms with Gasteiger partial charge in [0.2, 0.25) is 0 Å². The summed E-state index contributed by atoms with van der Waals surface area (Å²) in [5.74, 6) is -0.00337. The zero-order chi connectivity index (χ0) is 15.6. The van der Waals surface area contributed by atoms with Crippen molar-refractivity contribution >= 4 is 32.2 Å². The SMILES string of the molecule is CCCCCCCCCCCCCCCCCC(=O)[O][Pb]. The van der Waals surface area contributed by atoms with Crippen molar-refractivity contribution in [3.63, 3.8) is 0 Å². The first kappa shape index (κ1) is 21.4. The van der Waals surface area contributed by atoms with Crippen LogP contribution in [0.25, 0.3) is 0 Å². The molecule has 0 aromatic rings. The molecular weight excluding hydrogens is 455 g/mol. The average molecular weight is 491 g/mol. The summed E-state index contributed by atoms with van der Waals surface area (Å²) in [5.41, 5.74) is 0. The van der Waals surface area contributed by atoms with Crippen molar-refractivity contribution in [3.8, 4) is 0 Å². The summed E-state index contributed by atoms with van der Waals surface area (Å²) in [7, 11) is 0. The molecule has 2 nitrogen and oxygen atoms in total. The summed E-state index contributed by atoms with van der Waals surface area (Å²) >= 11 is 0.544. The third-order valence-electron chi connectivity index (χ3n) is 4.10. The standard InChI is InChI=1S/C18H36O2.Pb/c1-2-3-4-5-6-7-8-9-10-11-12-13-14-15-16-17-18(19)20;/h2-17H2,1H3,(H,19,20);/q;+1/p-1. The maximum absolute atomic E-state index is 11.0. The van der Waals surface area contributed by atoms with Gasteiger partial charge in [0.1, 0.15) is 0 Å². The van der Waals surface area contributed by atoms with Crippen LogP contribution in [0, 0.1) is 0 Å². The Morgan fingerprint density at radius 3 is 1.33 bits per heavy atom. The molecule has 0 aliphatic carbocycles. The molecule has 0 amide bonds. The number of unbranched alkanes of at least 4 members (excludes halogenated alkanes) is 14. The molecule has 0 rings (SSSR count). The summed E-state index contributed by atoms with van der Waals surface area (Å²) in [6, 6.07) is 0. The minimum atomic E-state index is -0.00337. The summed E-state index contributed by atoms with van der Waals surface area (Å²) < 4.78 is 4.77. The molecule has 3 heteroatoms. The predicted molar refractivity (Wildman–Crippen MR) is 91.4 cm³/mol. The summed E-state index contributed by atoms with van der Waals surface area (Å²) in [4.78, 5) is 11.0. The van der Waals surface area contributed by atoms with Gasteiger partial charge >= 0.3 is 104 Å². The van der Waals surface area contributed by atoms with Crippen LogP contribution >= 0.6 is 0 Å². The van der Waals surface area contributed by atoms with Crippen LogP contribution in [-0.2, 0) is 7.48 Å². The third-order valence-corrected chi connectivity index (χ3v) is 4.98. The molecule has 0 bridgehead atoms. The fraction of sp³-hybridized carbons (Fsp3) is 0.944. The second-order valence-corrected chi connectivity index (χ2v) is 6.97. The van der Waals surface area contributed by atoms with Gasteiger partial charge in [0.25, 0.3) is 0 Å². The molecule has 0 aliphatic heterocycles. The van der Waals surface area contributed by atoms with E-state index in [1.165, 1.54) is 89.9 Å². The maximum atomic E-state index is 11.0. The van der Waals surface area contributed by atoms with Gasteiger partial charge in [0.05, 0.1) is 0 Å². The van der Waals surface area contributed by atoms with Crippen LogP contribution in [0.15, 0.2) is 0 Å². The molecule has 0 aromatic heterocycles. The van der Waals surface area contributed by atoms with Crippen molar-refractivity contribution in [3.05, 3.63) is 0 Å². The van der Waals surface area contributed by atoms with Gasteiger partial charge in [-0.25, -0.2) is 0 Å². The Bertz CT molecular complexity index is 219. The molecule has 0 aromatic carbocycles.